The van der Waals surface area contributed by atoms with Crippen LogP contribution in [0, 0.1) is 5.82 Å². The molecule has 2 aromatic rings. The topological polar surface area (TPSA) is 27.6 Å². The molecule has 0 atom stereocenters. The van der Waals surface area contributed by atoms with Crippen molar-refractivity contribution in [3.05, 3.63) is 70.5 Å². The minimum Gasteiger partial charge on any atom is -0.352 e. The van der Waals surface area contributed by atoms with Gasteiger partial charge >= 0.3 is 0 Å². The highest BCUT2D eigenvalue weighted by Crippen LogP contribution is 2.17. The van der Waals surface area contributed by atoms with E-state index in [1.165, 1.54) is 17.7 Å². The number of nitrogens with zero attached hydrogens (tertiary/aromatic N) is 2. The maximum atomic E-state index is 12.9. The van der Waals surface area contributed by atoms with E-state index in [2.05, 4.69) is 15.2 Å². The molecule has 3 rings (SSSR count). The van der Waals surface area contributed by atoms with Crippen molar-refractivity contribution in [1.82, 2.24) is 10.2 Å². The van der Waals surface area contributed by atoms with Crippen LogP contribution < -0.4 is 5.32 Å². The first kappa shape index (κ1) is 16.3. The quantitative estimate of drug-likeness (QED) is 0.901. The minimum atomic E-state index is -0.204. The predicted octanol–water partition coefficient (Wildman–Crippen LogP) is 4.09. The molecule has 0 spiro atoms. The Labute approximate surface area is 144 Å². The number of benzene rings is 2. The molecule has 0 saturated heterocycles. The van der Waals surface area contributed by atoms with Crippen LogP contribution in [-0.2, 0) is 12.3 Å². The number of hydrogen-bond donors (Lipinski definition) is 1. The van der Waals surface area contributed by atoms with Crippen molar-refractivity contribution in [1.29, 1.82) is 0 Å². The third kappa shape index (κ3) is 4.96. The van der Waals surface area contributed by atoms with Crippen molar-refractivity contribution in [3.63, 3.8) is 0 Å². The summed E-state index contributed by atoms with van der Waals surface area (Å²) in [6.07, 6.45) is 0. The van der Waals surface area contributed by atoms with Crippen molar-refractivity contribution in [3.8, 4) is 0 Å². The highest BCUT2D eigenvalue weighted by Gasteiger charge is 2.12. The van der Waals surface area contributed by atoms with Gasteiger partial charge in [0, 0.05) is 17.3 Å². The largest absolute Gasteiger partial charge is 0.352 e. The van der Waals surface area contributed by atoms with Crippen LogP contribution in [0.1, 0.15) is 11.1 Å². The lowest BCUT2D eigenvalue weighted by Crippen LogP contribution is -2.41. The SMILES string of the molecule is Fc1ccc(CN2CN=C(SCc3ccc(Cl)cc3)NC2)cc1. The van der Waals surface area contributed by atoms with Crippen molar-refractivity contribution < 1.29 is 4.39 Å². The first-order chi connectivity index (χ1) is 11.2. The van der Waals surface area contributed by atoms with Crippen LogP contribution >= 0.6 is 23.4 Å². The molecule has 0 fully saturated rings. The minimum absolute atomic E-state index is 0.204. The van der Waals surface area contributed by atoms with Crippen LogP contribution in [0.5, 0.6) is 0 Å². The summed E-state index contributed by atoms with van der Waals surface area (Å²) in [5.74, 6) is 0.658. The highest BCUT2D eigenvalue weighted by atomic mass is 35.5. The Morgan fingerprint density at radius 2 is 1.78 bits per heavy atom. The average molecular weight is 350 g/mol. The van der Waals surface area contributed by atoms with E-state index < -0.39 is 0 Å². The van der Waals surface area contributed by atoms with Gasteiger partial charge in [0.1, 0.15) is 5.82 Å². The summed E-state index contributed by atoms with van der Waals surface area (Å²) >= 11 is 7.57. The van der Waals surface area contributed by atoms with Crippen molar-refractivity contribution in [2.45, 2.75) is 12.3 Å². The first-order valence-electron chi connectivity index (χ1n) is 7.31. The Morgan fingerprint density at radius 1 is 1.09 bits per heavy atom. The molecule has 0 saturated carbocycles. The van der Waals surface area contributed by atoms with E-state index in [0.29, 0.717) is 6.67 Å². The second kappa shape index (κ2) is 7.81. The lowest BCUT2D eigenvalue weighted by Gasteiger charge is -2.26. The third-order valence-electron chi connectivity index (χ3n) is 3.48. The first-order valence-corrected chi connectivity index (χ1v) is 8.68. The number of nitrogens with one attached hydrogen (secondary N) is 1. The Kier molecular flexibility index (Phi) is 5.54. The standard InChI is InChI=1S/C17H17ClFN3S/c18-15-5-1-14(2-6-15)10-23-17-20-11-22(12-21-17)9-13-3-7-16(19)8-4-13/h1-8H,9-12H2,(H,20,21). The van der Waals surface area contributed by atoms with Gasteiger partial charge in [-0.1, -0.05) is 47.6 Å². The van der Waals surface area contributed by atoms with Crippen LogP contribution in [0.2, 0.25) is 5.02 Å². The van der Waals surface area contributed by atoms with Crippen LogP contribution in [0.15, 0.2) is 53.5 Å². The second-order valence-electron chi connectivity index (χ2n) is 5.31. The summed E-state index contributed by atoms with van der Waals surface area (Å²) in [5.41, 5.74) is 2.30. The van der Waals surface area contributed by atoms with Gasteiger partial charge in [-0.3, -0.25) is 4.90 Å². The van der Waals surface area contributed by atoms with E-state index >= 15 is 0 Å². The molecule has 0 radical (unpaired) electrons. The van der Waals surface area contributed by atoms with Crippen molar-refractivity contribution in [2.75, 3.05) is 13.3 Å². The normalized spacial score (nSPS) is 15.1. The molecule has 0 unspecified atom stereocenters. The predicted molar refractivity (Wildman–Crippen MR) is 95.0 cm³/mol. The molecule has 0 aromatic heterocycles. The average Bonchev–Trinajstić information content (AvgIpc) is 2.58. The van der Waals surface area contributed by atoms with Gasteiger partial charge in [-0.25, -0.2) is 9.38 Å². The summed E-state index contributed by atoms with van der Waals surface area (Å²) in [7, 11) is 0. The molecule has 1 aliphatic heterocycles. The maximum Gasteiger partial charge on any atom is 0.159 e. The molecule has 3 nitrogen and oxygen atoms in total. The van der Waals surface area contributed by atoms with E-state index in [9.17, 15) is 4.39 Å². The molecule has 2 aromatic carbocycles. The molecular weight excluding hydrogens is 333 g/mol. The molecule has 1 heterocycles. The fraction of sp³-hybridized carbons (Fsp3) is 0.235. The molecule has 0 bridgehead atoms. The zero-order valence-corrected chi connectivity index (χ0v) is 14.1. The van der Waals surface area contributed by atoms with Gasteiger partial charge in [0.15, 0.2) is 5.17 Å². The Morgan fingerprint density at radius 3 is 2.43 bits per heavy atom. The van der Waals surface area contributed by atoms with Gasteiger partial charge in [0.05, 0.1) is 13.3 Å². The second-order valence-corrected chi connectivity index (χ2v) is 6.71. The molecule has 0 amide bonds. The van der Waals surface area contributed by atoms with Gasteiger partial charge in [-0.15, -0.1) is 0 Å². The fourth-order valence-corrected chi connectivity index (χ4v) is 3.17. The number of amidine groups is 1. The molecule has 1 N–H and O–H groups in total. The molecular formula is C17H17ClFN3S. The Bertz CT molecular complexity index is 673. The number of halogens is 2. The van der Waals surface area contributed by atoms with Crippen LogP contribution in [0.25, 0.3) is 0 Å². The van der Waals surface area contributed by atoms with Crippen molar-refractivity contribution >= 4 is 28.5 Å². The van der Waals surface area contributed by atoms with E-state index in [-0.39, 0.29) is 5.82 Å². The number of thioether (sulfide) groups is 1. The lowest BCUT2D eigenvalue weighted by atomic mass is 10.2. The van der Waals surface area contributed by atoms with Crippen molar-refractivity contribution in [2.24, 2.45) is 4.99 Å². The van der Waals surface area contributed by atoms with E-state index in [0.717, 1.165) is 34.7 Å². The Hall–Kier alpha value is -1.56. The summed E-state index contributed by atoms with van der Waals surface area (Å²) < 4.78 is 12.9. The van der Waals surface area contributed by atoms with Gasteiger partial charge in [0.2, 0.25) is 0 Å². The number of hydrogen-bond acceptors (Lipinski definition) is 4. The summed E-state index contributed by atoms with van der Waals surface area (Å²) in [6.45, 7) is 2.14. The zero-order chi connectivity index (χ0) is 16.1. The van der Waals surface area contributed by atoms with E-state index in [4.69, 9.17) is 11.6 Å². The molecule has 0 aliphatic carbocycles. The molecule has 23 heavy (non-hydrogen) atoms. The van der Waals surface area contributed by atoms with Gasteiger partial charge < -0.3 is 5.32 Å². The molecule has 1 aliphatic rings. The lowest BCUT2D eigenvalue weighted by molar-refractivity contribution is 0.258. The summed E-state index contributed by atoms with van der Waals surface area (Å²) in [5, 5.41) is 5.03. The van der Waals surface area contributed by atoms with Crippen LogP contribution in [0.4, 0.5) is 4.39 Å². The van der Waals surface area contributed by atoms with E-state index in [1.54, 1.807) is 11.8 Å². The maximum absolute atomic E-state index is 12.9. The van der Waals surface area contributed by atoms with Gasteiger partial charge in [-0.2, -0.15) is 0 Å². The third-order valence-corrected chi connectivity index (χ3v) is 4.75. The monoisotopic (exact) mass is 349 g/mol. The fourth-order valence-electron chi connectivity index (χ4n) is 2.23. The summed E-state index contributed by atoms with van der Waals surface area (Å²) in [4.78, 5) is 6.72. The summed E-state index contributed by atoms with van der Waals surface area (Å²) in [6, 6.07) is 14.5. The van der Waals surface area contributed by atoms with E-state index in [1.807, 2.05) is 36.4 Å². The smallest absolute Gasteiger partial charge is 0.159 e. The number of aliphatic imine (C=N–C) groups is 1. The van der Waals surface area contributed by atoms with Gasteiger partial charge in [0.25, 0.3) is 0 Å². The number of rotatable bonds is 4. The zero-order valence-electron chi connectivity index (χ0n) is 12.5. The van der Waals surface area contributed by atoms with Crippen LogP contribution in [-0.4, -0.2) is 23.4 Å². The highest BCUT2D eigenvalue weighted by molar-refractivity contribution is 8.13. The molecule has 120 valence electrons. The van der Waals surface area contributed by atoms with Crippen LogP contribution in [0.3, 0.4) is 0 Å². The molecule has 6 heteroatoms. The Balaban J connectivity index is 1.48. The van der Waals surface area contributed by atoms with Gasteiger partial charge in [-0.05, 0) is 35.4 Å².